The lowest BCUT2D eigenvalue weighted by molar-refractivity contribution is -0.137. The van der Waals surface area contributed by atoms with Crippen LogP contribution in [0.25, 0.3) is 0 Å². The van der Waals surface area contributed by atoms with E-state index in [4.69, 9.17) is 5.73 Å². The molecule has 0 aliphatic carbocycles. The molecule has 0 saturated carbocycles. The van der Waals surface area contributed by atoms with Crippen LogP contribution in [0, 0.1) is 0 Å². The standard InChI is InChI=1S/C15H13F3N2O/c16-15(17,18)11-7-12(19)9-13(8-11)20-14(21)6-10-4-2-1-3-5-10/h1-5,7-9H,6,19H2,(H,20,21). The molecule has 110 valence electrons. The van der Waals surface area contributed by atoms with Gasteiger partial charge >= 0.3 is 6.18 Å². The molecule has 1 amide bonds. The van der Waals surface area contributed by atoms with E-state index in [1.165, 1.54) is 6.07 Å². The van der Waals surface area contributed by atoms with Crippen molar-refractivity contribution in [2.45, 2.75) is 12.6 Å². The highest BCUT2D eigenvalue weighted by Crippen LogP contribution is 2.32. The van der Waals surface area contributed by atoms with Gasteiger partial charge in [-0.3, -0.25) is 4.79 Å². The summed E-state index contributed by atoms with van der Waals surface area (Å²) in [7, 11) is 0. The molecule has 0 unspecified atom stereocenters. The summed E-state index contributed by atoms with van der Waals surface area (Å²) in [6, 6.07) is 11.9. The molecule has 6 heteroatoms. The smallest absolute Gasteiger partial charge is 0.399 e. The number of hydrogen-bond donors (Lipinski definition) is 2. The first-order valence-corrected chi connectivity index (χ1v) is 6.16. The van der Waals surface area contributed by atoms with Crippen molar-refractivity contribution in [1.29, 1.82) is 0 Å². The normalized spacial score (nSPS) is 11.2. The molecule has 2 aromatic carbocycles. The van der Waals surface area contributed by atoms with Gasteiger partial charge in [-0.25, -0.2) is 0 Å². The second-order valence-electron chi connectivity index (χ2n) is 4.55. The molecule has 0 spiro atoms. The zero-order chi connectivity index (χ0) is 15.5. The number of amides is 1. The van der Waals surface area contributed by atoms with Crippen molar-refractivity contribution in [3.8, 4) is 0 Å². The van der Waals surface area contributed by atoms with E-state index in [2.05, 4.69) is 5.32 Å². The lowest BCUT2D eigenvalue weighted by Crippen LogP contribution is -2.15. The van der Waals surface area contributed by atoms with Crippen molar-refractivity contribution in [1.82, 2.24) is 0 Å². The number of rotatable bonds is 3. The Morgan fingerprint density at radius 1 is 1.10 bits per heavy atom. The third-order valence-corrected chi connectivity index (χ3v) is 2.77. The first-order valence-electron chi connectivity index (χ1n) is 6.16. The molecule has 0 bridgehead atoms. The Bertz CT molecular complexity index is 639. The van der Waals surface area contributed by atoms with Crippen LogP contribution in [-0.2, 0) is 17.4 Å². The number of hydrogen-bond acceptors (Lipinski definition) is 2. The summed E-state index contributed by atoms with van der Waals surface area (Å²) in [5.41, 5.74) is 5.29. The third kappa shape index (κ3) is 4.24. The Kier molecular flexibility index (Phi) is 4.16. The molecule has 0 aromatic heterocycles. The molecule has 0 heterocycles. The van der Waals surface area contributed by atoms with Crippen molar-refractivity contribution in [2.75, 3.05) is 11.1 Å². The zero-order valence-electron chi connectivity index (χ0n) is 10.9. The average molecular weight is 294 g/mol. The SMILES string of the molecule is Nc1cc(NC(=O)Cc2ccccc2)cc(C(F)(F)F)c1. The van der Waals surface area contributed by atoms with E-state index in [-0.39, 0.29) is 17.8 Å². The molecule has 3 N–H and O–H groups in total. The van der Waals surface area contributed by atoms with Crippen LogP contribution >= 0.6 is 0 Å². The highest BCUT2D eigenvalue weighted by molar-refractivity contribution is 5.92. The predicted octanol–water partition coefficient (Wildman–Crippen LogP) is 3.47. The van der Waals surface area contributed by atoms with Gasteiger partial charge in [0, 0.05) is 11.4 Å². The fourth-order valence-corrected chi connectivity index (χ4v) is 1.87. The summed E-state index contributed by atoms with van der Waals surface area (Å²) >= 11 is 0. The van der Waals surface area contributed by atoms with Crippen LogP contribution in [0.5, 0.6) is 0 Å². The van der Waals surface area contributed by atoms with E-state index in [1.54, 1.807) is 24.3 Å². The van der Waals surface area contributed by atoms with Crippen LogP contribution in [0.3, 0.4) is 0 Å². The molecular formula is C15H13F3N2O. The van der Waals surface area contributed by atoms with Crippen LogP contribution in [0.2, 0.25) is 0 Å². The molecule has 0 fully saturated rings. The van der Waals surface area contributed by atoms with Gasteiger partial charge in [-0.2, -0.15) is 13.2 Å². The van der Waals surface area contributed by atoms with Gasteiger partial charge in [-0.05, 0) is 23.8 Å². The van der Waals surface area contributed by atoms with E-state index in [0.29, 0.717) is 0 Å². The van der Waals surface area contributed by atoms with Crippen molar-refractivity contribution in [3.05, 3.63) is 59.7 Å². The van der Waals surface area contributed by atoms with Crippen molar-refractivity contribution >= 4 is 17.3 Å². The Balaban J connectivity index is 2.12. The molecular weight excluding hydrogens is 281 g/mol. The highest BCUT2D eigenvalue weighted by atomic mass is 19.4. The summed E-state index contributed by atoms with van der Waals surface area (Å²) in [5, 5.41) is 2.42. The molecule has 3 nitrogen and oxygen atoms in total. The number of nitrogen functional groups attached to an aromatic ring is 1. The highest BCUT2D eigenvalue weighted by Gasteiger charge is 2.31. The number of nitrogens with one attached hydrogen (secondary N) is 1. The first kappa shape index (κ1) is 14.9. The minimum absolute atomic E-state index is 0.0308. The monoisotopic (exact) mass is 294 g/mol. The summed E-state index contributed by atoms with van der Waals surface area (Å²) in [5.74, 6) is -0.403. The minimum atomic E-state index is -4.51. The Morgan fingerprint density at radius 2 is 1.76 bits per heavy atom. The van der Waals surface area contributed by atoms with Crippen LogP contribution in [-0.4, -0.2) is 5.91 Å². The predicted molar refractivity (Wildman–Crippen MR) is 74.6 cm³/mol. The Morgan fingerprint density at radius 3 is 2.38 bits per heavy atom. The summed E-state index contributed by atoms with van der Waals surface area (Å²) in [6.07, 6.45) is -4.43. The van der Waals surface area contributed by atoms with Crippen LogP contribution in [0.4, 0.5) is 24.5 Å². The summed E-state index contributed by atoms with van der Waals surface area (Å²) < 4.78 is 38.0. The zero-order valence-corrected chi connectivity index (χ0v) is 10.9. The van der Waals surface area contributed by atoms with Crippen LogP contribution in [0.15, 0.2) is 48.5 Å². The van der Waals surface area contributed by atoms with Crippen molar-refractivity contribution < 1.29 is 18.0 Å². The quantitative estimate of drug-likeness (QED) is 0.852. The summed E-state index contributed by atoms with van der Waals surface area (Å²) in [6.45, 7) is 0. The molecule has 21 heavy (non-hydrogen) atoms. The molecule has 2 aromatic rings. The second-order valence-corrected chi connectivity index (χ2v) is 4.55. The lowest BCUT2D eigenvalue weighted by Gasteiger charge is -2.11. The third-order valence-electron chi connectivity index (χ3n) is 2.77. The molecule has 0 atom stereocenters. The lowest BCUT2D eigenvalue weighted by atomic mass is 10.1. The van der Waals surface area contributed by atoms with Gasteiger partial charge < -0.3 is 11.1 Å². The molecule has 0 radical (unpaired) electrons. The Labute approximate surface area is 119 Å². The number of benzene rings is 2. The minimum Gasteiger partial charge on any atom is -0.399 e. The van der Waals surface area contributed by atoms with Gasteiger partial charge in [-0.1, -0.05) is 30.3 Å². The molecule has 0 aliphatic rings. The number of halogens is 3. The number of alkyl halides is 3. The number of carbonyl (C=O) groups is 1. The van der Waals surface area contributed by atoms with Crippen LogP contribution < -0.4 is 11.1 Å². The van der Waals surface area contributed by atoms with Gasteiger partial charge in [0.25, 0.3) is 0 Å². The number of carbonyl (C=O) groups excluding carboxylic acids is 1. The molecule has 0 saturated heterocycles. The maximum absolute atomic E-state index is 12.7. The van der Waals surface area contributed by atoms with E-state index in [1.807, 2.05) is 6.07 Å². The maximum Gasteiger partial charge on any atom is 0.416 e. The van der Waals surface area contributed by atoms with E-state index < -0.39 is 17.6 Å². The largest absolute Gasteiger partial charge is 0.416 e. The fraction of sp³-hybridized carbons (Fsp3) is 0.133. The van der Waals surface area contributed by atoms with E-state index in [9.17, 15) is 18.0 Å². The Hall–Kier alpha value is -2.50. The first-order chi connectivity index (χ1) is 9.84. The van der Waals surface area contributed by atoms with Gasteiger partial charge in [0.05, 0.1) is 12.0 Å². The second kappa shape index (κ2) is 5.87. The van der Waals surface area contributed by atoms with Gasteiger partial charge in [0.15, 0.2) is 0 Å². The summed E-state index contributed by atoms with van der Waals surface area (Å²) in [4.78, 5) is 11.8. The molecule has 0 aliphatic heterocycles. The van der Waals surface area contributed by atoms with Crippen molar-refractivity contribution in [2.24, 2.45) is 0 Å². The van der Waals surface area contributed by atoms with E-state index in [0.717, 1.165) is 17.7 Å². The van der Waals surface area contributed by atoms with Crippen molar-refractivity contribution in [3.63, 3.8) is 0 Å². The van der Waals surface area contributed by atoms with Crippen LogP contribution in [0.1, 0.15) is 11.1 Å². The number of nitrogens with two attached hydrogens (primary N) is 1. The van der Waals surface area contributed by atoms with Gasteiger partial charge in [0.1, 0.15) is 0 Å². The number of anilines is 2. The topological polar surface area (TPSA) is 55.1 Å². The average Bonchev–Trinajstić information content (AvgIpc) is 2.37. The maximum atomic E-state index is 12.7. The van der Waals surface area contributed by atoms with Gasteiger partial charge in [-0.15, -0.1) is 0 Å². The van der Waals surface area contributed by atoms with Gasteiger partial charge in [0.2, 0.25) is 5.91 Å². The molecule has 2 rings (SSSR count). The van der Waals surface area contributed by atoms with E-state index >= 15 is 0 Å². The fourth-order valence-electron chi connectivity index (χ4n) is 1.87.